The van der Waals surface area contributed by atoms with Crippen LogP contribution in [0.4, 0.5) is 8.78 Å². The minimum atomic E-state index is -2.60. The van der Waals surface area contributed by atoms with Crippen molar-refractivity contribution in [1.29, 1.82) is 0 Å². The minimum absolute atomic E-state index is 0.0109. The van der Waals surface area contributed by atoms with Gasteiger partial charge in [-0.15, -0.1) is 0 Å². The average Bonchev–Trinajstić information content (AvgIpc) is 2.47. The summed E-state index contributed by atoms with van der Waals surface area (Å²) in [5.41, 5.74) is 0. The van der Waals surface area contributed by atoms with Gasteiger partial charge in [0.2, 0.25) is 11.8 Å². The molecule has 1 aliphatic carbocycles. The van der Waals surface area contributed by atoms with E-state index < -0.39 is 5.92 Å². The van der Waals surface area contributed by atoms with Crippen molar-refractivity contribution in [2.75, 3.05) is 39.8 Å². The van der Waals surface area contributed by atoms with Gasteiger partial charge in [-0.2, -0.15) is 0 Å². The molecule has 0 aromatic carbocycles. The van der Waals surface area contributed by atoms with Crippen LogP contribution in [0.25, 0.3) is 0 Å². The van der Waals surface area contributed by atoms with Gasteiger partial charge in [0, 0.05) is 44.9 Å². The Labute approximate surface area is 123 Å². The van der Waals surface area contributed by atoms with Gasteiger partial charge in [0.15, 0.2) is 0 Å². The molecule has 5 nitrogen and oxygen atoms in total. The maximum atomic E-state index is 13.1. The van der Waals surface area contributed by atoms with Gasteiger partial charge in [0.05, 0.1) is 13.7 Å². The van der Waals surface area contributed by atoms with Crippen molar-refractivity contribution in [3.8, 4) is 0 Å². The smallest absolute Gasteiger partial charge is 0.319 e. The quantitative estimate of drug-likeness (QED) is 0.734. The highest BCUT2D eigenvalue weighted by Gasteiger charge is 2.39. The van der Waals surface area contributed by atoms with Gasteiger partial charge in [-0.25, -0.2) is 8.78 Å². The lowest BCUT2D eigenvalue weighted by Crippen LogP contribution is -2.51. The number of rotatable bonds is 3. The second-order valence-corrected chi connectivity index (χ2v) is 5.81. The highest BCUT2D eigenvalue weighted by molar-refractivity contribution is 5.79. The Morgan fingerprint density at radius 1 is 1.14 bits per heavy atom. The summed E-state index contributed by atoms with van der Waals surface area (Å²) < 4.78 is 30.8. The normalized spacial score (nSPS) is 23.9. The van der Waals surface area contributed by atoms with E-state index >= 15 is 0 Å². The Kier molecular flexibility index (Phi) is 5.13. The van der Waals surface area contributed by atoms with Crippen molar-refractivity contribution in [3.63, 3.8) is 0 Å². The van der Waals surface area contributed by atoms with Crippen LogP contribution >= 0.6 is 0 Å². The number of piperazine rings is 1. The zero-order valence-corrected chi connectivity index (χ0v) is 12.3. The van der Waals surface area contributed by atoms with Crippen molar-refractivity contribution >= 4 is 11.9 Å². The fourth-order valence-electron chi connectivity index (χ4n) is 2.92. The van der Waals surface area contributed by atoms with Crippen molar-refractivity contribution in [2.24, 2.45) is 5.92 Å². The van der Waals surface area contributed by atoms with Crippen molar-refractivity contribution in [2.45, 2.75) is 31.6 Å². The molecule has 21 heavy (non-hydrogen) atoms. The Bertz CT molecular complexity index is 386. The van der Waals surface area contributed by atoms with Crippen LogP contribution in [-0.4, -0.2) is 67.4 Å². The summed E-state index contributed by atoms with van der Waals surface area (Å²) in [7, 11) is 1.35. The molecule has 0 aromatic rings. The number of halogens is 2. The molecule has 0 N–H and O–H groups in total. The van der Waals surface area contributed by atoms with Crippen LogP contribution in [0.3, 0.4) is 0 Å². The molecule has 0 spiro atoms. The molecule has 1 aliphatic heterocycles. The maximum absolute atomic E-state index is 13.1. The zero-order chi connectivity index (χ0) is 15.5. The predicted octanol–water partition coefficient (Wildman–Crippen LogP) is 1.13. The molecule has 1 heterocycles. The van der Waals surface area contributed by atoms with Crippen molar-refractivity contribution < 1.29 is 23.1 Å². The monoisotopic (exact) mass is 304 g/mol. The number of alkyl halides is 2. The fourth-order valence-corrected chi connectivity index (χ4v) is 2.92. The number of esters is 1. The number of hydrogen-bond donors (Lipinski definition) is 0. The van der Waals surface area contributed by atoms with E-state index in [0.29, 0.717) is 26.2 Å². The highest BCUT2D eigenvalue weighted by Crippen LogP contribution is 2.36. The van der Waals surface area contributed by atoms with Crippen LogP contribution in [0.1, 0.15) is 25.7 Å². The predicted molar refractivity (Wildman–Crippen MR) is 71.9 cm³/mol. The van der Waals surface area contributed by atoms with E-state index in [1.807, 2.05) is 4.90 Å². The fraction of sp³-hybridized carbons (Fsp3) is 0.857. The van der Waals surface area contributed by atoms with Crippen LogP contribution < -0.4 is 0 Å². The van der Waals surface area contributed by atoms with E-state index in [4.69, 9.17) is 0 Å². The lowest BCUT2D eigenvalue weighted by Gasteiger charge is -2.37. The first-order chi connectivity index (χ1) is 9.91. The standard InChI is InChI=1S/C14H22F2N2O3/c1-21-12(19)10-17-6-8-18(9-7-17)13(20)11-2-4-14(15,16)5-3-11/h11H,2-10H2,1H3. The molecule has 2 fully saturated rings. The molecule has 1 saturated carbocycles. The Hall–Kier alpha value is -1.24. The molecule has 2 aliphatic rings. The summed E-state index contributed by atoms with van der Waals surface area (Å²) in [5.74, 6) is -3.17. The number of amides is 1. The molecular formula is C14H22F2N2O3. The van der Waals surface area contributed by atoms with Gasteiger partial charge in [0.25, 0.3) is 0 Å². The largest absolute Gasteiger partial charge is 0.468 e. The lowest BCUT2D eigenvalue weighted by atomic mass is 9.86. The van der Waals surface area contributed by atoms with E-state index in [0.717, 1.165) is 0 Å². The van der Waals surface area contributed by atoms with Gasteiger partial charge in [-0.3, -0.25) is 14.5 Å². The first-order valence-electron chi connectivity index (χ1n) is 7.37. The van der Waals surface area contributed by atoms with E-state index in [1.54, 1.807) is 4.90 Å². The summed E-state index contributed by atoms with van der Waals surface area (Å²) in [6.07, 6.45) is 0.167. The lowest BCUT2D eigenvalue weighted by molar-refractivity contribution is -0.144. The van der Waals surface area contributed by atoms with E-state index in [1.165, 1.54) is 7.11 Å². The molecule has 2 rings (SSSR count). The molecule has 1 amide bonds. The van der Waals surface area contributed by atoms with Gasteiger partial charge >= 0.3 is 5.97 Å². The summed E-state index contributed by atoms with van der Waals surface area (Å²) in [5, 5.41) is 0. The van der Waals surface area contributed by atoms with E-state index in [9.17, 15) is 18.4 Å². The minimum Gasteiger partial charge on any atom is -0.468 e. The van der Waals surface area contributed by atoms with Crippen LogP contribution in [-0.2, 0) is 14.3 Å². The van der Waals surface area contributed by atoms with Gasteiger partial charge < -0.3 is 9.64 Å². The Morgan fingerprint density at radius 3 is 2.24 bits per heavy atom. The second-order valence-electron chi connectivity index (χ2n) is 5.81. The molecule has 0 unspecified atom stereocenters. The number of methoxy groups -OCH3 is 1. The average molecular weight is 304 g/mol. The molecule has 0 atom stereocenters. The van der Waals surface area contributed by atoms with Gasteiger partial charge in [0.1, 0.15) is 0 Å². The molecule has 0 radical (unpaired) electrons. The maximum Gasteiger partial charge on any atom is 0.319 e. The highest BCUT2D eigenvalue weighted by atomic mass is 19.3. The first kappa shape index (κ1) is 16.1. The number of nitrogens with zero attached hydrogens (tertiary/aromatic N) is 2. The summed E-state index contributed by atoms with van der Waals surface area (Å²) in [4.78, 5) is 27.2. The van der Waals surface area contributed by atoms with Gasteiger partial charge in [-0.05, 0) is 12.8 Å². The number of carbonyl (C=O) groups is 2. The van der Waals surface area contributed by atoms with E-state index in [-0.39, 0.29) is 50.0 Å². The molecular weight excluding hydrogens is 282 g/mol. The molecule has 0 bridgehead atoms. The number of ether oxygens (including phenoxy) is 1. The second kappa shape index (κ2) is 6.68. The number of hydrogen-bond acceptors (Lipinski definition) is 4. The van der Waals surface area contributed by atoms with Crippen molar-refractivity contribution in [3.05, 3.63) is 0 Å². The number of carbonyl (C=O) groups excluding carboxylic acids is 2. The molecule has 120 valence electrons. The summed E-state index contributed by atoms with van der Waals surface area (Å²) >= 11 is 0. The summed E-state index contributed by atoms with van der Waals surface area (Å²) in [6.45, 7) is 2.55. The topological polar surface area (TPSA) is 49.9 Å². The van der Waals surface area contributed by atoms with Crippen LogP contribution in [0.5, 0.6) is 0 Å². The van der Waals surface area contributed by atoms with Crippen LogP contribution in [0.15, 0.2) is 0 Å². The zero-order valence-electron chi connectivity index (χ0n) is 12.3. The third kappa shape index (κ3) is 4.36. The summed E-state index contributed by atoms with van der Waals surface area (Å²) in [6, 6.07) is 0. The Morgan fingerprint density at radius 2 is 1.71 bits per heavy atom. The Balaban J connectivity index is 1.77. The van der Waals surface area contributed by atoms with Crippen molar-refractivity contribution in [1.82, 2.24) is 9.80 Å². The third-order valence-electron chi connectivity index (χ3n) is 4.33. The van der Waals surface area contributed by atoms with Crippen LogP contribution in [0, 0.1) is 5.92 Å². The van der Waals surface area contributed by atoms with Crippen LogP contribution in [0.2, 0.25) is 0 Å². The molecule has 0 aromatic heterocycles. The third-order valence-corrected chi connectivity index (χ3v) is 4.33. The molecule has 1 saturated heterocycles. The van der Waals surface area contributed by atoms with E-state index in [2.05, 4.69) is 4.74 Å². The van der Waals surface area contributed by atoms with Gasteiger partial charge in [-0.1, -0.05) is 0 Å². The first-order valence-corrected chi connectivity index (χ1v) is 7.37. The SMILES string of the molecule is COC(=O)CN1CCN(C(=O)C2CCC(F)(F)CC2)CC1. The molecule has 7 heteroatoms.